The second kappa shape index (κ2) is 4.31. The van der Waals surface area contributed by atoms with E-state index in [-0.39, 0.29) is 11.7 Å². The summed E-state index contributed by atoms with van der Waals surface area (Å²) in [5, 5.41) is 0. The van der Waals surface area contributed by atoms with Gasteiger partial charge >= 0.3 is 0 Å². The molecular formula is C11H12F2O. The summed E-state index contributed by atoms with van der Waals surface area (Å²) in [6.07, 6.45) is 0.451. The van der Waals surface area contributed by atoms with Crippen LogP contribution in [0.25, 0.3) is 0 Å². The predicted molar refractivity (Wildman–Crippen MR) is 49.9 cm³/mol. The Morgan fingerprint density at radius 2 is 2.00 bits per heavy atom. The molecule has 0 fully saturated rings. The first-order valence-corrected chi connectivity index (χ1v) is 4.45. The highest BCUT2D eigenvalue weighted by molar-refractivity contribution is 5.78. The summed E-state index contributed by atoms with van der Waals surface area (Å²) in [5.41, 5.74) is 0.645. The molecule has 14 heavy (non-hydrogen) atoms. The zero-order chi connectivity index (χ0) is 10.7. The van der Waals surface area contributed by atoms with Crippen LogP contribution in [0.4, 0.5) is 8.78 Å². The highest BCUT2D eigenvalue weighted by Gasteiger charge is 2.10. The van der Waals surface area contributed by atoms with Crippen molar-refractivity contribution < 1.29 is 13.6 Å². The van der Waals surface area contributed by atoms with Crippen molar-refractivity contribution in [2.45, 2.75) is 20.3 Å². The van der Waals surface area contributed by atoms with Gasteiger partial charge in [0.15, 0.2) is 11.6 Å². The van der Waals surface area contributed by atoms with Crippen LogP contribution < -0.4 is 0 Å². The quantitative estimate of drug-likeness (QED) is 0.729. The molecule has 0 radical (unpaired) electrons. The van der Waals surface area contributed by atoms with Gasteiger partial charge in [-0.05, 0) is 31.0 Å². The molecule has 1 aromatic rings. The molecule has 0 aromatic heterocycles. The van der Waals surface area contributed by atoms with Crippen molar-refractivity contribution in [3.05, 3.63) is 35.4 Å². The van der Waals surface area contributed by atoms with Crippen LogP contribution in [0, 0.1) is 17.6 Å². The van der Waals surface area contributed by atoms with Gasteiger partial charge < -0.3 is 0 Å². The number of benzene rings is 1. The van der Waals surface area contributed by atoms with Gasteiger partial charge in [0.1, 0.15) is 5.78 Å². The second-order valence-corrected chi connectivity index (χ2v) is 3.46. The van der Waals surface area contributed by atoms with E-state index in [0.717, 1.165) is 12.1 Å². The van der Waals surface area contributed by atoms with Gasteiger partial charge in [-0.15, -0.1) is 0 Å². The zero-order valence-corrected chi connectivity index (χ0v) is 8.18. The average molecular weight is 198 g/mol. The van der Waals surface area contributed by atoms with E-state index in [1.54, 1.807) is 6.92 Å². The summed E-state index contributed by atoms with van der Waals surface area (Å²) in [5.74, 6) is -1.82. The molecule has 0 bridgehead atoms. The number of halogens is 2. The van der Waals surface area contributed by atoms with E-state index in [0.29, 0.717) is 12.0 Å². The lowest BCUT2D eigenvalue weighted by molar-refractivity contribution is -0.120. The molecule has 1 rings (SSSR count). The van der Waals surface area contributed by atoms with Gasteiger partial charge in [-0.25, -0.2) is 8.78 Å². The normalized spacial score (nSPS) is 12.6. The van der Waals surface area contributed by atoms with Crippen LogP contribution in [-0.4, -0.2) is 5.78 Å². The van der Waals surface area contributed by atoms with Crippen molar-refractivity contribution in [3.63, 3.8) is 0 Å². The number of hydrogen-bond donors (Lipinski definition) is 0. The van der Waals surface area contributed by atoms with Crippen molar-refractivity contribution >= 4 is 5.78 Å². The van der Waals surface area contributed by atoms with Crippen molar-refractivity contribution in [3.8, 4) is 0 Å². The largest absolute Gasteiger partial charge is 0.300 e. The highest BCUT2D eigenvalue weighted by atomic mass is 19.2. The van der Waals surface area contributed by atoms with Crippen molar-refractivity contribution in [2.75, 3.05) is 0 Å². The molecule has 0 spiro atoms. The summed E-state index contributed by atoms with van der Waals surface area (Å²) in [4.78, 5) is 10.9. The first kappa shape index (κ1) is 10.8. The number of carbonyl (C=O) groups excluding carboxylic acids is 1. The predicted octanol–water partition coefficient (Wildman–Crippen LogP) is 2.73. The maximum atomic E-state index is 12.8. The minimum atomic E-state index is -0.863. The van der Waals surface area contributed by atoms with Gasteiger partial charge in [0.2, 0.25) is 0 Å². The monoisotopic (exact) mass is 198 g/mol. The standard InChI is InChI=1S/C11H12F2O/c1-7(8(2)14)5-9-3-4-10(12)11(13)6-9/h3-4,6-7H,5H2,1-2H3/t7-/m0/s1. The number of hydrogen-bond acceptors (Lipinski definition) is 1. The van der Waals surface area contributed by atoms with Crippen LogP contribution in [0.1, 0.15) is 19.4 Å². The zero-order valence-electron chi connectivity index (χ0n) is 8.18. The fourth-order valence-corrected chi connectivity index (χ4v) is 1.16. The SMILES string of the molecule is CC(=O)[C@@H](C)Cc1ccc(F)c(F)c1. The van der Waals surface area contributed by atoms with Crippen LogP contribution in [0.15, 0.2) is 18.2 Å². The van der Waals surface area contributed by atoms with Crippen molar-refractivity contribution in [1.29, 1.82) is 0 Å². The molecule has 1 atom stereocenters. The summed E-state index contributed by atoms with van der Waals surface area (Å²) in [7, 11) is 0. The molecule has 0 saturated carbocycles. The topological polar surface area (TPSA) is 17.1 Å². The van der Waals surface area contributed by atoms with Crippen LogP contribution in [0.3, 0.4) is 0 Å². The third-order valence-electron chi connectivity index (χ3n) is 2.22. The fraction of sp³-hybridized carbons (Fsp3) is 0.364. The molecule has 3 heteroatoms. The molecule has 1 nitrogen and oxygen atoms in total. The Hall–Kier alpha value is -1.25. The van der Waals surface area contributed by atoms with E-state index < -0.39 is 11.6 Å². The number of carbonyl (C=O) groups is 1. The van der Waals surface area contributed by atoms with Crippen LogP contribution in [-0.2, 0) is 11.2 Å². The van der Waals surface area contributed by atoms with Crippen LogP contribution >= 0.6 is 0 Å². The molecule has 0 heterocycles. The lowest BCUT2D eigenvalue weighted by Gasteiger charge is -2.07. The van der Waals surface area contributed by atoms with E-state index in [9.17, 15) is 13.6 Å². The third kappa shape index (κ3) is 2.62. The fourth-order valence-electron chi connectivity index (χ4n) is 1.16. The third-order valence-corrected chi connectivity index (χ3v) is 2.22. The molecular weight excluding hydrogens is 186 g/mol. The smallest absolute Gasteiger partial charge is 0.159 e. The lowest BCUT2D eigenvalue weighted by Crippen LogP contribution is -2.09. The van der Waals surface area contributed by atoms with E-state index in [1.807, 2.05) is 0 Å². The van der Waals surface area contributed by atoms with Crippen molar-refractivity contribution in [2.24, 2.45) is 5.92 Å². The minimum absolute atomic E-state index is 0.0507. The molecule has 76 valence electrons. The second-order valence-electron chi connectivity index (χ2n) is 3.46. The first-order chi connectivity index (χ1) is 6.50. The molecule has 0 saturated heterocycles. The van der Waals surface area contributed by atoms with E-state index >= 15 is 0 Å². The van der Waals surface area contributed by atoms with Gasteiger partial charge in [-0.1, -0.05) is 13.0 Å². The number of rotatable bonds is 3. The van der Waals surface area contributed by atoms with E-state index in [4.69, 9.17) is 0 Å². The Balaban J connectivity index is 2.78. The number of Topliss-reactive ketones (excluding diaryl/α,β-unsaturated/α-hetero) is 1. The maximum absolute atomic E-state index is 12.8. The molecule has 0 aliphatic carbocycles. The summed E-state index contributed by atoms with van der Waals surface area (Å²) in [6.45, 7) is 3.26. The summed E-state index contributed by atoms with van der Waals surface area (Å²) in [6, 6.07) is 3.71. The Morgan fingerprint density at radius 1 is 1.36 bits per heavy atom. The molecule has 0 amide bonds. The molecule has 1 aromatic carbocycles. The van der Waals surface area contributed by atoms with Gasteiger partial charge in [0.05, 0.1) is 0 Å². The van der Waals surface area contributed by atoms with Crippen LogP contribution in [0.5, 0.6) is 0 Å². The lowest BCUT2D eigenvalue weighted by atomic mass is 9.98. The molecule has 0 N–H and O–H groups in total. The highest BCUT2D eigenvalue weighted by Crippen LogP contribution is 2.13. The Kier molecular flexibility index (Phi) is 3.33. The van der Waals surface area contributed by atoms with E-state index in [2.05, 4.69) is 0 Å². The van der Waals surface area contributed by atoms with Crippen molar-refractivity contribution in [1.82, 2.24) is 0 Å². The molecule has 0 aliphatic heterocycles. The van der Waals surface area contributed by atoms with Gasteiger partial charge in [-0.2, -0.15) is 0 Å². The van der Waals surface area contributed by atoms with Gasteiger partial charge in [-0.3, -0.25) is 4.79 Å². The molecule has 0 unspecified atom stereocenters. The average Bonchev–Trinajstić information content (AvgIpc) is 2.11. The Bertz CT molecular complexity index is 347. The maximum Gasteiger partial charge on any atom is 0.159 e. The first-order valence-electron chi connectivity index (χ1n) is 4.45. The Labute approximate surface area is 81.7 Å². The van der Waals surface area contributed by atoms with Gasteiger partial charge in [0.25, 0.3) is 0 Å². The van der Waals surface area contributed by atoms with Crippen LogP contribution in [0.2, 0.25) is 0 Å². The minimum Gasteiger partial charge on any atom is -0.300 e. The summed E-state index contributed by atoms with van der Waals surface area (Å²) < 4.78 is 25.3. The Morgan fingerprint density at radius 3 is 2.50 bits per heavy atom. The van der Waals surface area contributed by atoms with Gasteiger partial charge in [0, 0.05) is 5.92 Å². The molecule has 0 aliphatic rings. The van der Waals surface area contributed by atoms with E-state index in [1.165, 1.54) is 13.0 Å². The number of ketones is 1. The summed E-state index contributed by atoms with van der Waals surface area (Å²) >= 11 is 0.